The van der Waals surface area contributed by atoms with Crippen LogP contribution >= 0.6 is 0 Å². The van der Waals surface area contributed by atoms with E-state index in [0.29, 0.717) is 6.61 Å². The molecule has 0 aliphatic heterocycles. The molecule has 1 aromatic carbocycles. The summed E-state index contributed by atoms with van der Waals surface area (Å²) >= 11 is 0. The topological polar surface area (TPSA) is 45.7 Å². The normalized spacial score (nSPS) is 11.5. The lowest BCUT2D eigenvalue weighted by Gasteiger charge is -2.12. The molecule has 0 aliphatic carbocycles. The van der Waals surface area contributed by atoms with Gasteiger partial charge in [0, 0.05) is 26.7 Å². The Labute approximate surface area is 129 Å². The molecule has 0 bridgehead atoms. The van der Waals surface area contributed by atoms with Gasteiger partial charge in [-0.1, -0.05) is 44.0 Å². The summed E-state index contributed by atoms with van der Waals surface area (Å²) in [5.41, 5.74) is 2.45. The minimum atomic E-state index is 0.685. The van der Waals surface area contributed by atoms with Crippen molar-refractivity contribution < 1.29 is 4.74 Å². The minimum absolute atomic E-state index is 0.685. The fourth-order valence-electron chi connectivity index (χ4n) is 1.96. The lowest BCUT2D eigenvalue weighted by Crippen LogP contribution is -2.37. The average Bonchev–Trinajstić information content (AvgIpc) is 2.53. The van der Waals surface area contributed by atoms with Crippen molar-refractivity contribution in [3.05, 3.63) is 35.4 Å². The number of hydrogen-bond acceptors (Lipinski definition) is 2. The number of guanidine groups is 1. The number of aliphatic imine (C=N–C) groups is 1. The Morgan fingerprint density at radius 1 is 1.05 bits per heavy atom. The fourth-order valence-corrected chi connectivity index (χ4v) is 1.96. The van der Waals surface area contributed by atoms with Gasteiger partial charge in [0.15, 0.2) is 5.96 Å². The van der Waals surface area contributed by atoms with Gasteiger partial charge in [-0.05, 0) is 24.5 Å². The van der Waals surface area contributed by atoms with E-state index in [1.165, 1.54) is 30.4 Å². The van der Waals surface area contributed by atoms with Gasteiger partial charge >= 0.3 is 0 Å². The maximum absolute atomic E-state index is 5.39. The van der Waals surface area contributed by atoms with Crippen molar-refractivity contribution in [3.63, 3.8) is 0 Å². The van der Waals surface area contributed by atoms with E-state index < -0.39 is 0 Å². The monoisotopic (exact) mass is 291 g/mol. The van der Waals surface area contributed by atoms with Gasteiger partial charge in [0.05, 0.1) is 6.61 Å². The lowest BCUT2D eigenvalue weighted by atomic mass is 10.1. The Bertz CT molecular complexity index is 401. The molecule has 0 aliphatic rings. The van der Waals surface area contributed by atoms with Crippen LogP contribution in [-0.4, -0.2) is 26.2 Å². The van der Waals surface area contributed by atoms with Crippen LogP contribution in [0.2, 0.25) is 0 Å². The molecule has 0 unspecified atom stereocenters. The van der Waals surface area contributed by atoms with E-state index in [-0.39, 0.29) is 0 Å². The average molecular weight is 291 g/mol. The third kappa shape index (κ3) is 7.71. The smallest absolute Gasteiger partial charge is 0.191 e. The van der Waals surface area contributed by atoms with Gasteiger partial charge < -0.3 is 15.4 Å². The van der Waals surface area contributed by atoms with Crippen LogP contribution in [0.5, 0.6) is 0 Å². The van der Waals surface area contributed by atoms with Gasteiger partial charge in [-0.15, -0.1) is 0 Å². The quantitative estimate of drug-likeness (QED) is 0.417. The van der Waals surface area contributed by atoms with Gasteiger partial charge in [-0.3, -0.25) is 4.99 Å². The number of ether oxygens (including phenoxy) is 1. The first-order valence-electron chi connectivity index (χ1n) is 7.90. The van der Waals surface area contributed by atoms with Crippen molar-refractivity contribution in [1.29, 1.82) is 0 Å². The number of nitrogens with one attached hydrogen (secondary N) is 2. The summed E-state index contributed by atoms with van der Waals surface area (Å²) in [5.74, 6) is 0.865. The van der Waals surface area contributed by atoms with Crippen molar-refractivity contribution >= 4 is 5.96 Å². The highest BCUT2D eigenvalue weighted by Gasteiger charge is 1.99. The summed E-state index contributed by atoms with van der Waals surface area (Å²) in [6.07, 6.45) is 3.68. The van der Waals surface area contributed by atoms with E-state index in [9.17, 15) is 0 Å². The molecule has 0 heterocycles. The SMILES string of the molecule is CCCCCNC(=NC)NCc1ccc(COCC)cc1. The zero-order chi connectivity index (χ0) is 15.3. The molecule has 0 atom stereocenters. The Morgan fingerprint density at radius 2 is 1.76 bits per heavy atom. The van der Waals surface area contributed by atoms with E-state index in [2.05, 4.69) is 46.8 Å². The van der Waals surface area contributed by atoms with Gasteiger partial charge in [0.25, 0.3) is 0 Å². The van der Waals surface area contributed by atoms with Crippen LogP contribution in [0.4, 0.5) is 0 Å². The third-order valence-corrected chi connectivity index (χ3v) is 3.25. The standard InChI is InChI=1S/C17H29N3O/c1-4-6-7-12-19-17(18-3)20-13-15-8-10-16(11-9-15)14-21-5-2/h8-11H,4-7,12-14H2,1-3H3,(H2,18,19,20). The molecule has 4 nitrogen and oxygen atoms in total. The zero-order valence-corrected chi connectivity index (χ0v) is 13.6. The predicted molar refractivity (Wildman–Crippen MR) is 89.5 cm³/mol. The van der Waals surface area contributed by atoms with Gasteiger partial charge in [0.2, 0.25) is 0 Å². The summed E-state index contributed by atoms with van der Waals surface area (Å²) < 4.78 is 5.39. The summed E-state index contributed by atoms with van der Waals surface area (Å²) in [6, 6.07) is 8.49. The fraction of sp³-hybridized carbons (Fsp3) is 0.588. The second-order valence-corrected chi connectivity index (χ2v) is 5.01. The first kappa shape index (κ1) is 17.5. The molecule has 0 aromatic heterocycles. The Morgan fingerprint density at radius 3 is 2.38 bits per heavy atom. The summed E-state index contributed by atoms with van der Waals surface area (Å²) in [6.45, 7) is 7.41. The number of benzene rings is 1. The second-order valence-electron chi connectivity index (χ2n) is 5.01. The lowest BCUT2D eigenvalue weighted by molar-refractivity contribution is 0.134. The molecule has 0 radical (unpaired) electrons. The molecule has 0 saturated carbocycles. The Balaban J connectivity index is 2.32. The zero-order valence-electron chi connectivity index (χ0n) is 13.6. The Kier molecular flexibility index (Phi) is 9.29. The van der Waals surface area contributed by atoms with Crippen LogP contribution in [0.3, 0.4) is 0 Å². The van der Waals surface area contributed by atoms with E-state index in [0.717, 1.165) is 25.7 Å². The van der Waals surface area contributed by atoms with Gasteiger partial charge in [-0.2, -0.15) is 0 Å². The first-order valence-corrected chi connectivity index (χ1v) is 7.90. The van der Waals surface area contributed by atoms with E-state index in [4.69, 9.17) is 4.74 Å². The number of unbranched alkanes of at least 4 members (excludes halogenated alkanes) is 2. The predicted octanol–water partition coefficient (Wildman–Crippen LogP) is 3.08. The van der Waals surface area contributed by atoms with Crippen molar-refractivity contribution in [3.8, 4) is 0 Å². The van der Waals surface area contributed by atoms with E-state index in [1.807, 2.05) is 6.92 Å². The summed E-state index contributed by atoms with van der Waals surface area (Å²) in [5, 5.41) is 6.67. The molecule has 0 saturated heterocycles. The molecule has 2 N–H and O–H groups in total. The van der Waals surface area contributed by atoms with Crippen LogP contribution in [0.15, 0.2) is 29.3 Å². The molecule has 21 heavy (non-hydrogen) atoms. The highest BCUT2D eigenvalue weighted by molar-refractivity contribution is 5.79. The summed E-state index contributed by atoms with van der Waals surface area (Å²) in [7, 11) is 1.81. The van der Waals surface area contributed by atoms with Crippen LogP contribution in [-0.2, 0) is 17.9 Å². The van der Waals surface area contributed by atoms with E-state index >= 15 is 0 Å². The van der Waals surface area contributed by atoms with Crippen LogP contribution < -0.4 is 10.6 Å². The first-order chi connectivity index (χ1) is 10.3. The van der Waals surface area contributed by atoms with Crippen molar-refractivity contribution in [2.45, 2.75) is 46.3 Å². The second kappa shape index (κ2) is 11.1. The van der Waals surface area contributed by atoms with Gasteiger partial charge in [-0.25, -0.2) is 0 Å². The van der Waals surface area contributed by atoms with Gasteiger partial charge in [0.1, 0.15) is 0 Å². The third-order valence-electron chi connectivity index (χ3n) is 3.25. The highest BCUT2D eigenvalue weighted by Crippen LogP contribution is 2.05. The molecule has 0 fully saturated rings. The van der Waals surface area contributed by atoms with Crippen LogP contribution in [0, 0.1) is 0 Å². The number of nitrogens with zero attached hydrogens (tertiary/aromatic N) is 1. The highest BCUT2D eigenvalue weighted by atomic mass is 16.5. The van der Waals surface area contributed by atoms with Crippen LogP contribution in [0.25, 0.3) is 0 Å². The summed E-state index contributed by atoms with van der Waals surface area (Å²) in [4.78, 5) is 4.23. The minimum Gasteiger partial charge on any atom is -0.377 e. The van der Waals surface area contributed by atoms with Crippen molar-refractivity contribution in [2.24, 2.45) is 4.99 Å². The molecule has 118 valence electrons. The van der Waals surface area contributed by atoms with Crippen molar-refractivity contribution in [2.75, 3.05) is 20.2 Å². The molecule has 0 spiro atoms. The van der Waals surface area contributed by atoms with E-state index in [1.54, 1.807) is 7.05 Å². The largest absolute Gasteiger partial charge is 0.377 e. The molecule has 0 amide bonds. The Hall–Kier alpha value is -1.55. The van der Waals surface area contributed by atoms with Crippen molar-refractivity contribution in [1.82, 2.24) is 10.6 Å². The maximum Gasteiger partial charge on any atom is 0.191 e. The number of rotatable bonds is 9. The molecular formula is C17H29N3O. The number of hydrogen-bond donors (Lipinski definition) is 2. The molecule has 4 heteroatoms. The molecule has 1 rings (SSSR count). The van der Waals surface area contributed by atoms with Crippen LogP contribution in [0.1, 0.15) is 44.2 Å². The molecular weight excluding hydrogens is 262 g/mol. The molecule has 1 aromatic rings. The maximum atomic E-state index is 5.39.